The normalized spacial score (nSPS) is 16.1. The summed E-state index contributed by atoms with van der Waals surface area (Å²) in [4.78, 5) is 12.5. The lowest BCUT2D eigenvalue weighted by Gasteiger charge is -2.22. The standard InChI is InChI=1S/C23H35N5O2S/c1-16(21(29)25-14-17-8-6-5-7-9-17)31-22-27-26-20(28(22)24)15-30-19-12-10-18(11-13-19)23(2,3)4/h10-13,16-17H,5-9,14-15,24H2,1-4H3,(H,25,29). The molecule has 0 spiro atoms. The molecule has 1 fully saturated rings. The summed E-state index contributed by atoms with van der Waals surface area (Å²) in [5.41, 5.74) is 1.35. The molecule has 1 unspecified atom stereocenters. The molecule has 1 aliphatic carbocycles. The van der Waals surface area contributed by atoms with Crippen molar-refractivity contribution in [3.63, 3.8) is 0 Å². The first-order valence-electron chi connectivity index (χ1n) is 11.1. The number of benzene rings is 1. The summed E-state index contributed by atoms with van der Waals surface area (Å²) < 4.78 is 7.22. The van der Waals surface area contributed by atoms with Crippen LogP contribution in [0.1, 0.15) is 71.2 Å². The minimum Gasteiger partial charge on any atom is -0.486 e. The summed E-state index contributed by atoms with van der Waals surface area (Å²) in [5.74, 6) is 8.02. The Morgan fingerprint density at radius 2 is 1.90 bits per heavy atom. The molecule has 1 aliphatic rings. The molecule has 1 atom stereocenters. The highest BCUT2D eigenvalue weighted by atomic mass is 32.2. The van der Waals surface area contributed by atoms with E-state index in [1.165, 1.54) is 54.1 Å². The molecule has 3 rings (SSSR count). The minimum atomic E-state index is -0.297. The van der Waals surface area contributed by atoms with Crippen LogP contribution in [0.2, 0.25) is 0 Å². The highest BCUT2D eigenvalue weighted by molar-refractivity contribution is 8.00. The first-order valence-corrected chi connectivity index (χ1v) is 12.0. The number of nitrogens with one attached hydrogen (secondary N) is 1. The Labute approximate surface area is 189 Å². The number of aromatic nitrogens is 3. The van der Waals surface area contributed by atoms with Crippen molar-refractivity contribution in [1.29, 1.82) is 0 Å². The van der Waals surface area contributed by atoms with Crippen molar-refractivity contribution in [2.75, 3.05) is 12.4 Å². The highest BCUT2D eigenvalue weighted by Gasteiger charge is 2.21. The zero-order valence-electron chi connectivity index (χ0n) is 19.1. The van der Waals surface area contributed by atoms with Crippen LogP contribution in [0.15, 0.2) is 29.4 Å². The van der Waals surface area contributed by atoms with E-state index < -0.39 is 0 Å². The van der Waals surface area contributed by atoms with Crippen LogP contribution >= 0.6 is 11.8 Å². The second kappa shape index (κ2) is 10.4. The van der Waals surface area contributed by atoms with Gasteiger partial charge in [0.15, 0.2) is 5.82 Å². The SMILES string of the molecule is CC(Sc1nnc(COc2ccc(C(C)(C)C)cc2)n1N)C(=O)NCC1CCCCC1. The number of nitrogens with two attached hydrogens (primary N) is 1. The monoisotopic (exact) mass is 445 g/mol. The number of ether oxygens (including phenoxy) is 1. The molecule has 0 radical (unpaired) electrons. The van der Waals surface area contributed by atoms with Crippen molar-refractivity contribution in [3.05, 3.63) is 35.7 Å². The van der Waals surface area contributed by atoms with Gasteiger partial charge in [-0.25, -0.2) is 4.68 Å². The van der Waals surface area contributed by atoms with Crippen LogP contribution in [0, 0.1) is 5.92 Å². The molecule has 0 saturated heterocycles. The number of nitrogens with zero attached hydrogens (tertiary/aromatic N) is 3. The summed E-state index contributed by atoms with van der Waals surface area (Å²) in [5, 5.41) is 11.5. The second-order valence-corrected chi connectivity index (χ2v) is 10.6. The molecule has 1 aromatic carbocycles. The van der Waals surface area contributed by atoms with E-state index in [4.69, 9.17) is 10.6 Å². The number of hydrogen-bond acceptors (Lipinski definition) is 6. The average Bonchev–Trinajstić information content (AvgIpc) is 3.10. The van der Waals surface area contributed by atoms with Crippen molar-refractivity contribution in [2.45, 2.75) is 82.2 Å². The average molecular weight is 446 g/mol. The molecule has 7 nitrogen and oxygen atoms in total. The second-order valence-electron chi connectivity index (χ2n) is 9.34. The Morgan fingerprint density at radius 1 is 1.23 bits per heavy atom. The van der Waals surface area contributed by atoms with E-state index in [1.807, 2.05) is 19.1 Å². The minimum absolute atomic E-state index is 0.00955. The number of nitrogen functional groups attached to an aromatic ring is 1. The Kier molecular flexibility index (Phi) is 7.86. The van der Waals surface area contributed by atoms with E-state index in [1.54, 1.807) is 0 Å². The summed E-state index contributed by atoms with van der Waals surface area (Å²) in [6, 6.07) is 8.03. The predicted octanol–water partition coefficient (Wildman–Crippen LogP) is 4.05. The smallest absolute Gasteiger partial charge is 0.233 e. The molecule has 0 bridgehead atoms. The van der Waals surface area contributed by atoms with Gasteiger partial charge in [0, 0.05) is 6.54 Å². The molecular weight excluding hydrogens is 410 g/mol. The Morgan fingerprint density at radius 3 is 2.55 bits per heavy atom. The molecule has 170 valence electrons. The van der Waals surface area contributed by atoms with Gasteiger partial charge in [-0.15, -0.1) is 10.2 Å². The summed E-state index contributed by atoms with van der Waals surface area (Å²) in [7, 11) is 0. The molecule has 31 heavy (non-hydrogen) atoms. The number of carbonyl (C=O) groups is 1. The lowest BCUT2D eigenvalue weighted by atomic mass is 9.87. The van der Waals surface area contributed by atoms with Gasteiger partial charge in [0.05, 0.1) is 5.25 Å². The van der Waals surface area contributed by atoms with Crippen molar-refractivity contribution in [1.82, 2.24) is 20.2 Å². The zero-order chi connectivity index (χ0) is 22.4. The van der Waals surface area contributed by atoms with Gasteiger partial charge in [0.2, 0.25) is 11.1 Å². The van der Waals surface area contributed by atoms with Gasteiger partial charge in [-0.2, -0.15) is 0 Å². The van der Waals surface area contributed by atoms with E-state index in [0.29, 0.717) is 16.9 Å². The molecule has 3 N–H and O–H groups in total. The molecule has 1 amide bonds. The van der Waals surface area contributed by atoms with Gasteiger partial charge in [0.25, 0.3) is 0 Å². The third-order valence-corrected chi connectivity index (χ3v) is 6.82. The maximum Gasteiger partial charge on any atom is 0.233 e. The van der Waals surface area contributed by atoms with E-state index in [9.17, 15) is 4.79 Å². The molecule has 2 aromatic rings. The van der Waals surface area contributed by atoms with E-state index in [0.717, 1.165) is 12.3 Å². The Hall–Kier alpha value is -2.22. The van der Waals surface area contributed by atoms with E-state index >= 15 is 0 Å². The van der Waals surface area contributed by atoms with Crippen molar-refractivity contribution < 1.29 is 9.53 Å². The largest absolute Gasteiger partial charge is 0.486 e. The maximum atomic E-state index is 12.5. The third kappa shape index (κ3) is 6.63. The molecule has 0 aliphatic heterocycles. The third-order valence-electron chi connectivity index (χ3n) is 5.76. The van der Waals surface area contributed by atoms with Crippen LogP contribution in [0.3, 0.4) is 0 Å². The maximum absolute atomic E-state index is 12.5. The fourth-order valence-corrected chi connectivity index (χ4v) is 4.49. The van der Waals surface area contributed by atoms with Gasteiger partial charge in [0.1, 0.15) is 12.4 Å². The van der Waals surface area contributed by atoms with Gasteiger partial charge in [-0.1, -0.05) is 63.9 Å². The summed E-state index contributed by atoms with van der Waals surface area (Å²) in [6.45, 7) is 9.36. The topological polar surface area (TPSA) is 95.1 Å². The molecule has 1 aromatic heterocycles. The quantitative estimate of drug-likeness (QED) is 0.470. The van der Waals surface area contributed by atoms with Gasteiger partial charge in [-0.05, 0) is 48.8 Å². The van der Waals surface area contributed by atoms with Crippen molar-refractivity contribution >= 4 is 17.7 Å². The molecular formula is C23H35N5O2S. The molecule has 8 heteroatoms. The van der Waals surface area contributed by atoms with Gasteiger partial charge >= 0.3 is 0 Å². The van der Waals surface area contributed by atoms with Gasteiger partial charge in [-0.3, -0.25) is 4.79 Å². The number of thioether (sulfide) groups is 1. The van der Waals surface area contributed by atoms with Crippen LogP contribution in [-0.2, 0) is 16.8 Å². The lowest BCUT2D eigenvalue weighted by Crippen LogP contribution is -2.35. The number of carbonyl (C=O) groups excluding carboxylic acids is 1. The van der Waals surface area contributed by atoms with Crippen LogP contribution in [0.5, 0.6) is 5.75 Å². The Bertz CT molecular complexity index is 854. The number of amides is 1. The van der Waals surface area contributed by atoms with Crippen LogP contribution < -0.4 is 15.9 Å². The van der Waals surface area contributed by atoms with Crippen LogP contribution in [-0.4, -0.2) is 32.6 Å². The number of hydrogen-bond donors (Lipinski definition) is 2. The van der Waals surface area contributed by atoms with Crippen molar-refractivity contribution in [2.24, 2.45) is 5.92 Å². The first kappa shape index (κ1) is 23.4. The van der Waals surface area contributed by atoms with Crippen molar-refractivity contribution in [3.8, 4) is 5.75 Å². The summed E-state index contributed by atoms with van der Waals surface area (Å²) in [6.07, 6.45) is 6.28. The highest BCUT2D eigenvalue weighted by Crippen LogP contribution is 2.26. The van der Waals surface area contributed by atoms with Crippen LogP contribution in [0.4, 0.5) is 0 Å². The fraction of sp³-hybridized carbons (Fsp3) is 0.609. The Balaban J connectivity index is 1.49. The van der Waals surface area contributed by atoms with E-state index in [2.05, 4.69) is 48.4 Å². The van der Waals surface area contributed by atoms with Gasteiger partial charge < -0.3 is 15.9 Å². The fourth-order valence-electron chi connectivity index (χ4n) is 3.68. The number of rotatable bonds is 8. The predicted molar refractivity (Wildman–Crippen MR) is 125 cm³/mol. The van der Waals surface area contributed by atoms with Crippen LogP contribution in [0.25, 0.3) is 0 Å². The first-order chi connectivity index (χ1) is 14.7. The molecule has 1 heterocycles. The molecule has 1 saturated carbocycles. The summed E-state index contributed by atoms with van der Waals surface area (Å²) >= 11 is 1.31. The van der Waals surface area contributed by atoms with E-state index in [-0.39, 0.29) is 23.2 Å². The zero-order valence-corrected chi connectivity index (χ0v) is 19.9. The lowest BCUT2D eigenvalue weighted by molar-refractivity contribution is -0.120.